The zero-order valence-electron chi connectivity index (χ0n) is 23.9. The Labute approximate surface area is 260 Å². The van der Waals surface area contributed by atoms with Crippen molar-refractivity contribution in [3.05, 3.63) is 76.0 Å². The van der Waals surface area contributed by atoms with Crippen LogP contribution in [0.1, 0.15) is 50.7 Å². The third-order valence-corrected chi connectivity index (χ3v) is 13.9. The van der Waals surface area contributed by atoms with E-state index in [0.29, 0.717) is 52.7 Å². The van der Waals surface area contributed by atoms with Gasteiger partial charge < -0.3 is 10.1 Å². The number of hydrogen-bond acceptors (Lipinski definition) is 7. The number of sulfonamides is 1. The summed E-state index contributed by atoms with van der Waals surface area (Å²) in [6.07, 6.45) is 2.88. The molecule has 1 aliphatic heterocycles. The van der Waals surface area contributed by atoms with Gasteiger partial charge in [0, 0.05) is 41.8 Å². The first-order chi connectivity index (χ1) is 20.3. The van der Waals surface area contributed by atoms with Crippen LogP contribution in [0.4, 0.5) is 10.1 Å². The van der Waals surface area contributed by atoms with E-state index in [1.54, 1.807) is 30.3 Å². The van der Waals surface area contributed by atoms with E-state index in [-0.39, 0.29) is 39.8 Å². The average molecular weight is 691 g/mol. The standard InChI is InChI=1S/C31H33BrFN3O5S2/c1-31(2)11-9-21(10-12-31)42(38,39)22-4-6-24-25-7-5-23(19-27(25)30(34-37)26(24)18-22)43(40,41)36-15-13-35(14-16-36)29-8-3-20(33)17-28(29)32/h3-8,17-19,21,37H,9-16H2,1-2H3/b34-30-. The largest absolute Gasteiger partial charge is 0.410 e. The average Bonchev–Trinajstić information content (AvgIpc) is 3.29. The number of sulfone groups is 1. The summed E-state index contributed by atoms with van der Waals surface area (Å²) in [5, 5.41) is 13.1. The zero-order chi connectivity index (χ0) is 30.7. The highest BCUT2D eigenvalue weighted by Crippen LogP contribution is 2.42. The number of anilines is 1. The molecular weight excluding hydrogens is 657 g/mol. The quantitative estimate of drug-likeness (QED) is 0.202. The molecule has 2 aliphatic carbocycles. The van der Waals surface area contributed by atoms with E-state index in [1.807, 2.05) is 4.90 Å². The van der Waals surface area contributed by atoms with Crippen LogP contribution in [0.25, 0.3) is 11.1 Å². The molecule has 1 N–H and O–H groups in total. The Morgan fingerprint density at radius 1 is 0.837 bits per heavy atom. The van der Waals surface area contributed by atoms with E-state index in [2.05, 4.69) is 34.9 Å². The minimum Gasteiger partial charge on any atom is -0.410 e. The Morgan fingerprint density at radius 2 is 1.42 bits per heavy atom. The van der Waals surface area contributed by atoms with Crippen molar-refractivity contribution in [1.29, 1.82) is 0 Å². The lowest BCUT2D eigenvalue weighted by Crippen LogP contribution is -2.48. The second kappa shape index (κ2) is 11.0. The molecule has 0 aromatic heterocycles. The predicted molar refractivity (Wildman–Crippen MR) is 168 cm³/mol. The lowest BCUT2D eigenvalue weighted by Gasteiger charge is -2.35. The molecule has 0 amide bonds. The van der Waals surface area contributed by atoms with E-state index in [0.717, 1.165) is 18.5 Å². The Morgan fingerprint density at radius 3 is 2.00 bits per heavy atom. The van der Waals surface area contributed by atoms with E-state index < -0.39 is 25.1 Å². The van der Waals surface area contributed by atoms with Gasteiger partial charge >= 0.3 is 0 Å². The fourth-order valence-corrected chi connectivity index (χ4v) is 10.3. The molecule has 12 heteroatoms. The summed E-state index contributed by atoms with van der Waals surface area (Å²) in [6, 6.07) is 14.0. The number of rotatable bonds is 5. The van der Waals surface area contributed by atoms with Crippen molar-refractivity contribution in [3.8, 4) is 11.1 Å². The highest BCUT2D eigenvalue weighted by atomic mass is 79.9. The smallest absolute Gasteiger partial charge is 0.243 e. The third-order valence-electron chi connectivity index (χ3n) is 9.06. The van der Waals surface area contributed by atoms with Crippen molar-refractivity contribution >= 4 is 47.2 Å². The number of fused-ring (bicyclic) bond motifs is 3. The maximum Gasteiger partial charge on any atom is 0.243 e. The first kappa shape index (κ1) is 30.2. The molecule has 1 saturated heterocycles. The molecule has 3 aromatic rings. The number of oxime groups is 1. The molecule has 6 rings (SSSR count). The molecule has 0 atom stereocenters. The predicted octanol–water partition coefficient (Wildman–Crippen LogP) is 6.05. The van der Waals surface area contributed by atoms with Gasteiger partial charge in [0.15, 0.2) is 9.84 Å². The number of halogens is 2. The molecule has 0 spiro atoms. The molecule has 43 heavy (non-hydrogen) atoms. The molecule has 0 unspecified atom stereocenters. The minimum absolute atomic E-state index is 0.0642. The number of hydrogen-bond donors (Lipinski definition) is 1. The molecule has 2 fully saturated rings. The second-order valence-electron chi connectivity index (χ2n) is 12.3. The van der Waals surface area contributed by atoms with Crippen LogP contribution in [-0.4, -0.2) is 63.5 Å². The molecule has 0 bridgehead atoms. The van der Waals surface area contributed by atoms with Crippen molar-refractivity contribution < 1.29 is 26.4 Å². The summed E-state index contributed by atoms with van der Waals surface area (Å²) in [7, 11) is -7.47. The highest BCUT2D eigenvalue weighted by molar-refractivity contribution is 9.10. The summed E-state index contributed by atoms with van der Waals surface area (Å²) < 4.78 is 70.1. The summed E-state index contributed by atoms with van der Waals surface area (Å²) in [5.74, 6) is -0.354. The van der Waals surface area contributed by atoms with E-state index in [1.165, 1.54) is 28.6 Å². The van der Waals surface area contributed by atoms with E-state index >= 15 is 0 Å². The van der Waals surface area contributed by atoms with Crippen molar-refractivity contribution in [2.45, 2.75) is 54.6 Å². The normalized spacial score (nSPS) is 20.3. The molecule has 228 valence electrons. The molecule has 3 aliphatic rings. The maximum atomic E-state index is 13.7. The van der Waals surface area contributed by atoms with Crippen LogP contribution in [0.15, 0.2) is 74.0 Å². The molecule has 3 aromatic carbocycles. The van der Waals surface area contributed by atoms with Crippen LogP contribution in [0.3, 0.4) is 0 Å². The van der Waals surface area contributed by atoms with Crippen LogP contribution < -0.4 is 4.90 Å². The maximum absolute atomic E-state index is 13.7. The van der Waals surface area contributed by atoms with Gasteiger partial charge in [-0.3, -0.25) is 0 Å². The minimum atomic E-state index is -3.88. The van der Waals surface area contributed by atoms with Gasteiger partial charge in [0.25, 0.3) is 0 Å². The zero-order valence-corrected chi connectivity index (χ0v) is 27.1. The van der Waals surface area contributed by atoms with Gasteiger partial charge in [0.1, 0.15) is 11.5 Å². The van der Waals surface area contributed by atoms with Crippen molar-refractivity contribution in [1.82, 2.24) is 4.31 Å². The van der Waals surface area contributed by atoms with Gasteiger partial charge in [0.2, 0.25) is 10.0 Å². The third kappa shape index (κ3) is 5.40. The monoisotopic (exact) mass is 689 g/mol. The van der Waals surface area contributed by atoms with Crippen LogP contribution in [0.5, 0.6) is 0 Å². The summed E-state index contributed by atoms with van der Waals surface area (Å²) in [5.41, 5.74) is 3.34. The number of benzene rings is 3. The number of nitrogens with zero attached hydrogens (tertiary/aromatic N) is 3. The Kier molecular flexibility index (Phi) is 7.72. The van der Waals surface area contributed by atoms with Crippen LogP contribution in [-0.2, 0) is 19.9 Å². The lowest BCUT2D eigenvalue weighted by atomic mass is 9.77. The summed E-state index contributed by atoms with van der Waals surface area (Å²) in [6.45, 7) is 5.66. The Balaban J connectivity index is 1.24. The first-order valence-electron chi connectivity index (χ1n) is 14.3. The van der Waals surface area contributed by atoms with Gasteiger partial charge in [-0.1, -0.05) is 31.1 Å². The first-order valence-corrected chi connectivity index (χ1v) is 18.1. The van der Waals surface area contributed by atoms with Gasteiger partial charge in [-0.15, -0.1) is 0 Å². The lowest BCUT2D eigenvalue weighted by molar-refractivity contribution is 0.246. The molecule has 8 nitrogen and oxygen atoms in total. The van der Waals surface area contributed by atoms with Crippen molar-refractivity contribution in [2.24, 2.45) is 10.6 Å². The van der Waals surface area contributed by atoms with Crippen LogP contribution in [0.2, 0.25) is 0 Å². The van der Waals surface area contributed by atoms with Crippen LogP contribution >= 0.6 is 15.9 Å². The molecule has 1 heterocycles. The fraction of sp³-hybridized carbons (Fsp3) is 0.387. The Bertz CT molecular complexity index is 1840. The van der Waals surface area contributed by atoms with Crippen LogP contribution in [0, 0.1) is 11.2 Å². The second-order valence-corrected chi connectivity index (χ2v) is 17.3. The highest BCUT2D eigenvalue weighted by Gasteiger charge is 2.37. The summed E-state index contributed by atoms with van der Waals surface area (Å²) in [4.78, 5) is 2.25. The van der Waals surface area contributed by atoms with Crippen molar-refractivity contribution in [3.63, 3.8) is 0 Å². The van der Waals surface area contributed by atoms with E-state index in [4.69, 9.17) is 0 Å². The molecule has 0 radical (unpaired) electrons. The van der Waals surface area contributed by atoms with Crippen molar-refractivity contribution in [2.75, 3.05) is 31.1 Å². The molecule has 1 saturated carbocycles. The SMILES string of the molecule is CC1(C)CCC(S(=O)(=O)c2ccc3c(c2)/C(=N/O)c2cc(S(=O)(=O)N4CCN(c5ccc(F)cc5Br)CC4)ccc2-3)CC1. The van der Waals surface area contributed by atoms with E-state index in [9.17, 15) is 26.4 Å². The summed E-state index contributed by atoms with van der Waals surface area (Å²) >= 11 is 3.39. The number of piperazine rings is 1. The van der Waals surface area contributed by atoms with Gasteiger partial charge in [-0.25, -0.2) is 21.2 Å². The van der Waals surface area contributed by atoms with Gasteiger partial charge in [-0.05, 0) is 101 Å². The Hall–Kier alpha value is -2.80. The topological polar surface area (TPSA) is 107 Å². The van der Waals surface area contributed by atoms with Gasteiger partial charge in [0.05, 0.1) is 20.7 Å². The van der Waals surface area contributed by atoms with Gasteiger partial charge in [-0.2, -0.15) is 4.31 Å². The molecular formula is C31H33BrFN3O5S2. The fourth-order valence-electron chi connectivity index (χ4n) is 6.43.